The van der Waals surface area contributed by atoms with Gasteiger partial charge in [-0.15, -0.1) is 0 Å². The van der Waals surface area contributed by atoms with E-state index >= 15 is 0 Å². The first-order chi connectivity index (χ1) is 29.5. The van der Waals surface area contributed by atoms with E-state index < -0.39 is 0 Å². The Hall–Kier alpha value is -7.48. The second kappa shape index (κ2) is 14.4. The van der Waals surface area contributed by atoms with Gasteiger partial charge in [0.25, 0.3) is 0 Å². The van der Waals surface area contributed by atoms with Gasteiger partial charge in [-0.05, 0) is 125 Å². The average molecular weight is 766 g/mol. The molecule has 0 radical (unpaired) electrons. The second-order valence-electron chi connectivity index (χ2n) is 16.5. The van der Waals surface area contributed by atoms with E-state index in [0.717, 1.165) is 17.1 Å². The molecule has 284 valence electrons. The Morgan fingerprint density at radius 2 is 0.783 bits per heavy atom. The minimum Gasteiger partial charge on any atom is -0.310 e. The molecule has 0 aliphatic heterocycles. The van der Waals surface area contributed by atoms with Gasteiger partial charge in [0.2, 0.25) is 0 Å². The van der Waals surface area contributed by atoms with Gasteiger partial charge < -0.3 is 4.90 Å². The number of benzene rings is 10. The summed E-state index contributed by atoms with van der Waals surface area (Å²) >= 11 is 0. The minimum absolute atomic E-state index is 0.127. The predicted molar refractivity (Wildman–Crippen MR) is 255 cm³/mol. The van der Waals surface area contributed by atoms with Gasteiger partial charge >= 0.3 is 0 Å². The number of fused-ring (bicyclic) bond motifs is 5. The Morgan fingerprint density at radius 3 is 1.43 bits per heavy atom. The quantitative estimate of drug-likeness (QED) is 0.156. The predicted octanol–water partition coefficient (Wildman–Crippen LogP) is 16.4. The van der Waals surface area contributed by atoms with Gasteiger partial charge in [0, 0.05) is 22.5 Å². The molecule has 0 unspecified atom stereocenters. The van der Waals surface area contributed by atoms with Crippen LogP contribution in [-0.4, -0.2) is 0 Å². The van der Waals surface area contributed by atoms with Crippen molar-refractivity contribution in [2.45, 2.75) is 19.3 Å². The van der Waals surface area contributed by atoms with Gasteiger partial charge in [-0.2, -0.15) is 0 Å². The van der Waals surface area contributed by atoms with E-state index in [1.54, 1.807) is 0 Å². The molecule has 60 heavy (non-hydrogen) atoms. The van der Waals surface area contributed by atoms with E-state index in [0.29, 0.717) is 0 Å². The zero-order chi connectivity index (χ0) is 40.2. The third-order valence-corrected chi connectivity index (χ3v) is 12.7. The molecule has 11 rings (SSSR count). The van der Waals surface area contributed by atoms with Crippen LogP contribution >= 0.6 is 0 Å². The maximum Gasteiger partial charge on any atom is 0.0468 e. The van der Waals surface area contributed by atoms with Crippen molar-refractivity contribution in [2.75, 3.05) is 4.90 Å². The Kier molecular flexibility index (Phi) is 8.57. The van der Waals surface area contributed by atoms with E-state index in [1.807, 2.05) is 0 Å². The molecule has 0 heterocycles. The lowest BCUT2D eigenvalue weighted by Gasteiger charge is -2.27. The highest BCUT2D eigenvalue weighted by Gasteiger charge is 2.37. The maximum absolute atomic E-state index is 2.43. The molecule has 0 saturated carbocycles. The molecular formula is C59H43N. The van der Waals surface area contributed by atoms with Gasteiger partial charge in [0.15, 0.2) is 0 Å². The average Bonchev–Trinajstić information content (AvgIpc) is 3.55. The number of hydrogen-bond acceptors (Lipinski definition) is 1. The first-order valence-electron chi connectivity index (χ1n) is 20.9. The fourth-order valence-electron chi connectivity index (χ4n) is 9.73. The molecule has 1 aliphatic carbocycles. The van der Waals surface area contributed by atoms with Crippen molar-refractivity contribution in [2.24, 2.45) is 0 Å². The summed E-state index contributed by atoms with van der Waals surface area (Å²) in [7, 11) is 0. The molecule has 10 aromatic rings. The molecule has 0 atom stereocenters. The van der Waals surface area contributed by atoms with Crippen LogP contribution < -0.4 is 4.90 Å². The molecule has 10 aromatic carbocycles. The fourth-order valence-corrected chi connectivity index (χ4v) is 9.73. The lowest BCUT2D eigenvalue weighted by atomic mass is 9.82. The van der Waals surface area contributed by atoms with Crippen LogP contribution in [0.2, 0.25) is 0 Å². The molecule has 0 bridgehead atoms. The summed E-state index contributed by atoms with van der Waals surface area (Å²) in [5.74, 6) is 0. The summed E-state index contributed by atoms with van der Waals surface area (Å²) in [5, 5.41) is 5.02. The smallest absolute Gasteiger partial charge is 0.0468 e. The summed E-state index contributed by atoms with van der Waals surface area (Å²) in [6.07, 6.45) is 0. The third-order valence-electron chi connectivity index (χ3n) is 12.7. The molecular weight excluding hydrogens is 723 g/mol. The lowest BCUT2D eigenvalue weighted by molar-refractivity contribution is 0.660. The summed E-state index contributed by atoms with van der Waals surface area (Å²) in [6, 6.07) is 82.3. The molecule has 0 spiro atoms. The van der Waals surface area contributed by atoms with E-state index in [1.165, 1.54) is 88.3 Å². The first-order valence-corrected chi connectivity index (χ1v) is 20.9. The monoisotopic (exact) mass is 765 g/mol. The molecule has 1 aliphatic rings. The Labute approximate surface area is 352 Å². The van der Waals surface area contributed by atoms with E-state index in [4.69, 9.17) is 0 Å². The summed E-state index contributed by atoms with van der Waals surface area (Å²) in [4.78, 5) is 2.42. The van der Waals surface area contributed by atoms with Crippen LogP contribution in [0.15, 0.2) is 224 Å². The van der Waals surface area contributed by atoms with Crippen molar-refractivity contribution in [1.29, 1.82) is 0 Å². The topological polar surface area (TPSA) is 3.24 Å². The summed E-state index contributed by atoms with van der Waals surface area (Å²) in [6.45, 7) is 4.73. The highest BCUT2D eigenvalue weighted by molar-refractivity contribution is 6.06. The van der Waals surface area contributed by atoms with Crippen molar-refractivity contribution in [1.82, 2.24) is 0 Å². The van der Waals surface area contributed by atoms with Gasteiger partial charge in [-0.3, -0.25) is 0 Å². The largest absolute Gasteiger partial charge is 0.310 e. The molecule has 1 nitrogen and oxygen atoms in total. The Bertz CT molecular complexity index is 3190. The van der Waals surface area contributed by atoms with Crippen molar-refractivity contribution < 1.29 is 0 Å². The van der Waals surface area contributed by atoms with Crippen molar-refractivity contribution >= 4 is 38.6 Å². The zero-order valence-corrected chi connectivity index (χ0v) is 33.8. The van der Waals surface area contributed by atoms with Crippen LogP contribution in [-0.2, 0) is 5.41 Å². The van der Waals surface area contributed by atoms with Gasteiger partial charge in [-0.25, -0.2) is 0 Å². The zero-order valence-electron chi connectivity index (χ0n) is 33.8. The second-order valence-corrected chi connectivity index (χ2v) is 16.5. The van der Waals surface area contributed by atoms with Crippen LogP contribution in [0.1, 0.15) is 25.0 Å². The van der Waals surface area contributed by atoms with Crippen molar-refractivity contribution in [3.63, 3.8) is 0 Å². The van der Waals surface area contributed by atoms with Crippen LogP contribution in [0.5, 0.6) is 0 Å². The Balaban J connectivity index is 1.06. The molecule has 0 aromatic heterocycles. The third kappa shape index (κ3) is 5.93. The normalized spacial score (nSPS) is 12.6. The Morgan fingerprint density at radius 1 is 0.317 bits per heavy atom. The summed E-state index contributed by atoms with van der Waals surface area (Å²) < 4.78 is 0. The van der Waals surface area contributed by atoms with Crippen LogP contribution in [0, 0.1) is 0 Å². The summed E-state index contributed by atoms with van der Waals surface area (Å²) in [5.41, 5.74) is 18.4. The van der Waals surface area contributed by atoms with E-state index in [-0.39, 0.29) is 5.41 Å². The van der Waals surface area contributed by atoms with Gasteiger partial charge in [0.1, 0.15) is 0 Å². The van der Waals surface area contributed by atoms with Crippen molar-refractivity contribution in [3.8, 4) is 55.6 Å². The number of anilines is 3. The van der Waals surface area contributed by atoms with Crippen LogP contribution in [0.3, 0.4) is 0 Å². The molecule has 0 N–H and O–H groups in total. The SMILES string of the molecule is CC1(C)c2ccc(N(c3ccc(-c4cccc5ccccc45)cc3)c3ccc(-c4cccc5cccc(-c6ccccc6)c45)cc3)cc2-c2c(-c3ccccc3)cccc21. The number of hydrogen-bond donors (Lipinski definition) is 0. The van der Waals surface area contributed by atoms with Gasteiger partial charge in [0.05, 0.1) is 0 Å². The molecule has 0 saturated heterocycles. The van der Waals surface area contributed by atoms with E-state index in [9.17, 15) is 0 Å². The fraction of sp³-hybridized carbons (Fsp3) is 0.0508. The first kappa shape index (κ1) is 35.7. The highest BCUT2D eigenvalue weighted by atomic mass is 15.1. The molecule has 0 fully saturated rings. The minimum atomic E-state index is -0.127. The molecule has 1 heteroatoms. The number of rotatable bonds is 7. The highest BCUT2D eigenvalue weighted by Crippen LogP contribution is 2.54. The van der Waals surface area contributed by atoms with Crippen LogP contribution in [0.4, 0.5) is 17.1 Å². The number of nitrogens with zero attached hydrogens (tertiary/aromatic N) is 1. The standard InChI is InChI=1S/C59H43N/c1-59(2)55-38-37-48(39-54(55)58-53(27-14-28-56(58)59)42-17-7-4-8-18-42)60(46-33-29-43(30-34-46)50-24-11-20-40-19-9-10-23-49(40)50)47-35-31-44(32-36-47)52-26-13-22-45-21-12-25-51(57(45)52)41-15-5-3-6-16-41/h3-39H,1-2H3. The lowest BCUT2D eigenvalue weighted by Crippen LogP contribution is -2.15. The van der Waals surface area contributed by atoms with Gasteiger partial charge in [-0.1, -0.05) is 202 Å². The van der Waals surface area contributed by atoms with E-state index in [2.05, 4.69) is 243 Å². The molecule has 0 amide bonds. The maximum atomic E-state index is 2.43. The van der Waals surface area contributed by atoms with Crippen LogP contribution in [0.25, 0.3) is 77.2 Å². The van der Waals surface area contributed by atoms with Crippen molar-refractivity contribution in [3.05, 3.63) is 236 Å².